The summed E-state index contributed by atoms with van der Waals surface area (Å²) in [5, 5.41) is 3.53. The van der Waals surface area contributed by atoms with E-state index in [4.69, 9.17) is 0 Å². The van der Waals surface area contributed by atoms with Gasteiger partial charge in [-0.3, -0.25) is 14.2 Å². The minimum absolute atomic E-state index is 0.128. The SMILES string of the molecule is CCN(CC)c1ccc(NC(=O)c2sc3ncn(Cc4ccccc4)c(=O)c3c2C)c(C)c1. The van der Waals surface area contributed by atoms with Crippen molar-refractivity contribution in [1.29, 1.82) is 0 Å². The number of thiophene rings is 1. The maximum absolute atomic E-state index is 13.2. The van der Waals surface area contributed by atoms with Gasteiger partial charge in [-0.05, 0) is 62.6 Å². The number of anilines is 2. The molecule has 0 atom stereocenters. The predicted molar refractivity (Wildman–Crippen MR) is 137 cm³/mol. The van der Waals surface area contributed by atoms with Crippen molar-refractivity contribution in [3.63, 3.8) is 0 Å². The van der Waals surface area contributed by atoms with Crippen molar-refractivity contribution < 1.29 is 4.79 Å². The van der Waals surface area contributed by atoms with E-state index < -0.39 is 0 Å². The van der Waals surface area contributed by atoms with Gasteiger partial charge < -0.3 is 10.2 Å². The zero-order valence-corrected chi connectivity index (χ0v) is 20.2. The summed E-state index contributed by atoms with van der Waals surface area (Å²) in [4.78, 5) is 34.1. The zero-order chi connectivity index (χ0) is 23.5. The number of nitrogens with zero attached hydrogens (tertiary/aromatic N) is 3. The van der Waals surface area contributed by atoms with Crippen LogP contribution in [0.3, 0.4) is 0 Å². The van der Waals surface area contributed by atoms with Gasteiger partial charge in [-0.2, -0.15) is 0 Å². The molecule has 7 heteroatoms. The molecule has 1 amide bonds. The number of hydrogen-bond acceptors (Lipinski definition) is 5. The standard InChI is InChI=1S/C26H28N4O2S/c1-5-29(6-2)20-12-13-21(17(3)14-20)28-24(31)23-18(4)22-25(33-23)27-16-30(26(22)32)15-19-10-8-7-9-11-19/h7-14,16H,5-6,15H2,1-4H3,(H,28,31). The Morgan fingerprint density at radius 2 is 1.82 bits per heavy atom. The van der Waals surface area contributed by atoms with Crippen LogP contribution in [0.25, 0.3) is 10.2 Å². The van der Waals surface area contributed by atoms with Gasteiger partial charge in [0.2, 0.25) is 0 Å². The molecule has 2 aromatic carbocycles. The first-order valence-electron chi connectivity index (χ1n) is 11.1. The van der Waals surface area contributed by atoms with E-state index in [1.165, 1.54) is 11.3 Å². The Bertz CT molecular complexity index is 1350. The number of benzene rings is 2. The minimum Gasteiger partial charge on any atom is -0.372 e. The average Bonchev–Trinajstić information content (AvgIpc) is 3.16. The van der Waals surface area contributed by atoms with E-state index in [0.717, 1.165) is 35.6 Å². The molecule has 0 aliphatic rings. The Kier molecular flexibility index (Phi) is 6.60. The van der Waals surface area contributed by atoms with Crippen molar-refractivity contribution in [2.24, 2.45) is 0 Å². The van der Waals surface area contributed by atoms with Gasteiger partial charge in [-0.25, -0.2) is 4.98 Å². The highest BCUT2D eigenvalue weighted by Gasteiger charge is 2.20. The highest BCUT2D eigenvalue weighted by atomic mass is 32.1. The van der Waals surface area contributed by atoms with Crippen molar-refractivity contribution in [2.45, 2.75) is 34.2 Å². The van der Waals surface area contributed by atoms with Gasteiger partial charge in [0.15, 0.2) is 0 Å². The van der Waals surface area contributed by atoms with Gasteiger partial charge in [-0.15, -0.1) is 11.3 Å². The highest BCUT2D eigenvalue weighted by Crippen LogP contribution is 2.29. The van der Waals surface area contributed by atoms with Crippen molar-refractivity contribution >= 4 is 38.8 Å². The summed E-state index contributed by atoms with van der Waals surface area (Å²) in [5.74, 6) is -0.219. The minimum atomic E-state index is -0.219. The number of aryl methyl sites for hydroxylation is 2. The summed E-state index contributed by atoms with van der Waals surface area (Å²) in [6.45, 7) is 10.4. The third-order valence-corrected chi connectivity index (χ3v) is 7.10. The van der Waals surface area contributed by atoms with Crippen LogP contribution in [0.2, 0.25) is 0 Å². The first-order chi connectivity index (χ1) is 15.9. The molecule has 0 bridgehead atoms. The lowest BCUT2D eigenvalue weighted by molar-refractivity contribution is 0.103. The summed E-state index contributed by atoms with van der Waals surface area (Å²) in [6.07, 6.45) is 1.56. The number of carbonyl (C=O) groups is 1. The summed E-state index contributed by atoms with van der Waals surface area (Å²) >= 11 is 1.26. The van der Waals surface area contributed by atoms with E-state index in [2.05, 4.69) is 35.1 Å². The topological polar surface area (TPSA) is 67.2 Å². The first kappa shape index (κ1) is 22.7. The molecule has 2 aromatic heterocycles. The van der Waals surface area contributed by atoms with Crippen molar-refractivity contribution in [3.05, 3.63) is 86.8 Å². The summed E-state index contributed by atoms with van der Waals surface area (Å²) in [6, 6.07) is 15.8. The fourth-order valence-corrected chi connectivity index (χ4v) is 5.06. The molecule has 2 heterocycles. The Labute approximate surface area is 197 Å². The molecule has 0 fully saturated rings. The molecule has 0 radical (unpaired) electrons. The van der Waals surface area contributed by atoms with E-state index >= 15 is 0 Å². The monoisotopic (exact) mass is 460 g/mol. The average molecular weight is 461 g/mol. The second kappa shape index (κ2) is 9.58. The van der Waals surface area contributed by atoms with Crippen LogP contribution in [-0.4, -0.2) is 28.5 Å². The van der Waals surface area contributed by atoms with Crippen LogP contribution in [0.15, 0.2) is 59.7 Å². The molecule has 4 aromatic rings. The maximum atomic E-state index is 13.2. The molecular weight excluding hydrogens is 432 g/mol. The normalized spacial score (nSPS) is 11.0. The number of hydrogen-bond donors (Lipinski definition) is 1. The number of amides is 1. The molecule has 33 heavy (non-hydrogen) atoms. The first-order valence-corrected chi connectivity index (χ1v) is 11.9. The van der Waals surface area contributed by atoms with Gasteiger partial charge >= 0.3 is 0 Å². The lowest BCUT2D eigenvalue weighted by atomic mass is 10.1. The maximum Gasteiger partial charge on any atom is 0.266 e. The quantitative estimate of drug-likeness (QED) is 0.411. The summed E-state index contributed by atoms with van der Waals surface area (Å²) in [7, 11) is 0. The van der Waals surface area contributed by atoms with Gasteiger partial charge in [0.25, 0.3) is 11.5 Å². The van der Waals surface area contributed by atoms with Crippen LogP contribution in [0.4, 0.5) is 11.4 Å². The number of aromatic nitrogens is 2. The highest BCUT2D eigenvalue weighted by molar-refractivity contribution is 7.20. The number of fused-ring (bicyclic) bond motifs is 1. The summed E-state index contributed by atoms with van der Waals surface area (Å²) in [5.41, 5.74) is 4.46. The summed E-state index contributed by atoms with van der Waals surface area (Å²) < 4.78 is 1.59. The lowest BCUT2D eigenvalue weighted by Crippen LogP contribution is -2.22. The Balaban J connectivity index is 1.62. The lowest BCUT2D eigenvalue weighted by Gasteiger charge is -2.22. The third kappa shape index (κ3) is 4.54. The molecule has 1 N–H and O–H groups in total. The van der Waals surface area contributed by atoms with Crippen molar-refractivity contribution in [3.8, 4) is 0 Å². The largest absolute Gasteiger partial charge is 0.372 e. The number of rotatable bonds is 7. The molecule has 0 saturated heterocycles. The van der Waals surface area contributed by atoms with Crippen LogP contribution >= 0.6 is 11.3 Å². The predicted octanol–water partition coefficient (Wildman–Crippen LogP) is 5.22. The van der Waals surface area contributed by atoms with Gasteiger partial charge in [0.05, 0.1) is 23.1 Å². The second-order valence-electron chi connectivity index (χ2n) is 8.03. The smallest absolute Gasteiger partial charge is 0.266 e. The van der Waals surface area contributed by atoms with Crippen LogP contribution in [0.5, 0.6) is 0 Å². The number of carbonyl (C=O) groups excluding carboxylic acids is 1. The van der Waals surface area contributed by atoms with E-state index in [0.29, 0.717) is 27.2 Å². The molecule has 4 rings (SSSR count). The second-order valence-corrected chi connectivity index (χ2v) is 9.02. The Morgan fingerprint density at radius 1 is 1.09 bits per heavy atom. The molecule has 170 valence electrons. The molecule has 6 nitrogen and oxygen atoms in total. The molecule has 0 unspecified atom stereocenters. The molecule has 0 aliphatic heterocycles. The fourth-order valence-electron chi connectivity index (χ4n) is 4.02. The van der Waals surface area contributed by atoms with Gasteiger partial charge in [0.1, 0.15) is 4.83 Å². The van der Waals surface area contributed by atoms with E-state index in [9.17, 15) is 9.59 Å². The van der Waals surface area contributed by atoms with Crippen LogP contribution in [-0.2, 0) is 6.54 Å². The fraction of sp³-hybridized carbons (Fsp3) is 0.269. The molecule has 0 aliphatic carbocycles. The van der Waals surface area contributed by atoms with Crippen LogP contribution in [0.1, 0.15) is 40.2 Å². The van der Waals surface area contributed by atoms with E-state index in [1.807, 2.05) is 56.3 Å². The van der Waals surface area contributed by atoms with E-state index in [-0.39, 0.29) is 11.5 Å². The zero-order valence-electron chi connectivity index (χ0n) is 19.4. The van der Waals surface area contributed by atoms with Gasteiger partial charge in [0, 0.05) is 24.5 Å². The van der Waals surface area contributed by atoms with E-state index in [1.54, 1.807) is 10.9 Å². The molecule has 0 spiro atoms. The molecule has 0 saturated carbocycles. The van der Waals surface area contributed by atoms with Gasteiger partial charge in [-0.1, -0.05) is 30.3 Å². The van der Waals surface area contributed by atoms with Crippen LogP contribution < -0.4 is 15.8 Å². The number of nitrogens with one attached hydrogen (secondary N) is 1. The van der Waals surface area contributed by atoms with Crippen molar-refractivity contribution in [2.75, 3.05) is 23.3 Å². The van der Waals surface area contributed by atoms with Crippen LogP contribution in [0, 0.1) is 13.8 Å². The Hall–Kier alpha value is -3.45. The third-order valence-electron chi connectivity index (χ3n) is 5.91. The molecular formula is C26H28N4O2S. The van der Waals surface area contributed by atoms with Crippen molar-refractivity contribution in [1.82, 2.24) is 9.55 Å². The Morgan fingerprint density at radius 3 is 2.48 bits per heavy atom.